The minimum atomic E-state index is -3.73. The second kappa shape index (κ2) is 7.19. The number of sulfonamides is 1. The maximum atomic E-state index is 12.2. The van der Waals surface area contributed by atoms with Gasteiger partial charge in [0.05, 0.1) is 10.9 Å². The van der Waals surface area contributed by atoms with E-state index in [1.165, 1.54) is 13.0 Å². The van der Waals surface area contributed by atoms with Crippen LogP contribution in [0.2, 0.25) is 0 Å². The molecule has 0 saturated carbocycles. The third kappa shape index (κ3) is 4.88. The number of amides is 1. The number of nitrogens with one attached hydrogen (secondary N) is 2. The Morgan fingerprint density at radius 2 is 1.85 bits per heavy atom. The van der Waals surface area contributed by atoms with Gasteiger partial charge in [-0.15, -0.1) is 0 Å². The van der Waals surface area contributed by atoms with Crippen LogP contribution in [-0.2, 0) is 14.8 Å². The molecule has 0 aliphatic carbocycles. The number of hydrogen-bond acceptors (Lipinski definition) is 3. The minimum Gasteiger partial charge on any atom is -0.354 e. The third-order valence-electron chi connectivity index (χ3n) is 2.54. The third-order valence-corrected chi connectivity index (χ3v) is 5.09. The number of hydrogen-bond donors (Lipinski definition) is 2. The fourth-order valence-corrected chi connectivity index (χ4v) is 3.68. The Hall–Kier alpha value is -0.920. The van der Waals surface area contributed by atoms with Crippen LogP contribution in [0, 0.1) is 5.92 Å². The highest BCUT2D eigenvalue weighted by Crippen LogP contribution is 2.21. The maximum absolute atomic E-state index is 12.2. The predicted molar refractivity (Wildman–Crippen MR) is 81.8 cm³/mol. The van der Waals surface area contributed by atoms with E-state index in [1.807, 2.05) is 13.8 Å². The standard InChI is InChI=1S/C13H19BrN2O3S/c1-9(2)8-15-13(17)10(3)16-20(18,19)12-7-5-4-6-11(12)14/h4-7,9-10,16H,8H2,1-3H3,(H,15,17). The summed E-state index contributed by atoms with van der Waals surface area (Å²) in [7, 11) is -3.73. The van der Waals surface area contributed by atoms with E-state index in [-0.39, 0.29) is 10.8 Å². The van der Waals surface area contributed by atoms with Crippen LogP contribution in [0.15, 0.2) is 33.6 Å². The summed E-state index contributed by atoms with van der Waals surface area (Å²) in [6, 6.07) is 5.64. The molecule has 20 heavy (non-hydrogen) atoms. The molecule has 0 fully saturated rings. The zero-order valence-electron chi connectivity index (χ0n) is 11.7. The number of benzene rings is 1. The van der Waals surface area contributed by atoms with Gasteiger partial charge in [0.15, 0.2) is 0 Å². The molecule has 1 rings (SSSR count). The fourth-order valence-electron chi connectivity index (χ4n) is 1.47. The Morgan fingerprint density at radius 1 is 1.25 bits per heavy atom. The highest BCUT2D eigenvalue weighted by Gasteiger charge is 2.23. The van der Waals surface area contributed by atoms with E-state index in [0.29, 0.717) is 16.9 Å². The van der Waals surface area contributed by atoms with E-state index in [0.717, 1.165) is 0 Å². The maximum Gasteiger partial charge on any atom is 0.242 e. The van der Waals surface area contributed by atoms with Crippen LogP contribution in [0.3, 0.4) is 0 Å². The van der Waals surface area contributed by atoms with E-state index >= 15 is 0 Å². The zero-order chi connectivity index (χ0) is 15.3. The van der Waals surface area contributed by atoms with Gasteiger partial charge in [-0.25, -0.2) is 8.42 Å². The SMILES string of the molecule is CC(C)CNC(=O)C(C)NS(=O)(=O)c1ccccc1Br. The molecule has 1 unspecified atom stereocenters. The van der Waals surface area contributed by atoms with Crippen molar-refractivity contribution in [2.75, 3.05) is 6.54 Å². The van der Waals surface area contributed by atoms with E-state index in [4.69, 9.17) is 0 Å². The second-order valence-corrected chi connectivity index (χ2v) is 7.45. The molecule has 0 aliphatic heterocycles. The summed E-state index contributed by atoms with van der Waals surface area (Å²) >= 11 is 3.19. The number of carbonyl (C=O) groups excluding carboxylic acids is 1. The van der Waals surface area contributed by atoms with Gasteiger partial charge in [-0.05, 0) is 40.9 Å². The normalized spacial score (nSPS) is 13.2. The van der Waals surface area contributed by atoms with Crippen molar-refractivity contribution >= 4 is 31.9 Å². The van der Waals surface area contributed by atoms with Gasteiger partial charge in [0.2, 0.25) is 15.9 Å². The lowest BCUT2D eigenvalue weighted by Crippen LogP contribution is -2.45. The molecule has 0 bridgehead atoms. The fraction of sp³-hybridized carbons (Fsp3) is 0.462. The van der Waals surface area contributed by atoms with Crippen LogP contribution in [0.25, 0.3) is 0 Å². The molecule has 0 heterocycles. The first-order valence-electron chi connectivity index (χ1n) is 6.28. The lowest BCUT2D eigenvalue weighted by molar-refractivity contribution is -0.122. The summed E-state index contributed by atoms with van der Waals surface area (Å²) in [5.41, 5.74) is 0. The molecule has 1 aromatic carbocycles. The molecule has 1 amide bonds. The molecule has 1 atom stereocenters. The quantitative estimate of drug-likeness (QED) is 0.811. The Balaban J connectivity index is 2.77. The molecule has 1 aromatic rings. The predicted octanol–water partition coefficient (Wildman–Crippen LogP) is 1.89. The van der Waals surface area contributed by atoms with Gasteiger partial charge in [-0.3, -0.25) is 4.79 Å². The first-order valence-corrected chi connectivity index (χ1v) is 8.56. The van der Waals surface area contributed by atoms with Gasteiger partial charge in [-0.2, -0.15) is 4.72 Å². The average Bonchev–Trinajstić information content (AvgIpc) is 2.35. The molecule has 2 N–H and O–H groups in total. The zero-order valence-corrected chi connectivity index (χ0v) is 14.1. The highest BCUT2D eigenvalue weighted by molar-refractivity contribution is 9.10. The first-order chi connectivity index (χ1) is 9.24. The first kappa shape index (κ1) is 17.1. The van der Waals surface area contributed by atoms with Crippen molar-refractivity contribution < 1.29 is 13.2 Å². The summed E-state index contributed by atoms with van der Waals surface area (Å²) in [6.07, 6.45) is 0. The molecular formula is C13H19BrN2O3S. The van der Waals surface area contributed by atoms with Gasteiger partial charge in [0, 0.05) is 11.0 Å². The second-order valence-electron chi connectivity index (χ2n) is 4.91. The van der Waals surface area contributed by atoms with Crippen molar-refractivity contribution in [3.8, 4) is 0 Å². The largest absolute Gasteiger partial charge is 0.354 e. The van der Waals surface area contributed by atoms with Gasteiger partial charge in [0.1, 0.15) is 0 Å². The van der Waals surface area contributed by atoms with Crippen LogP contribution in [-0.4, -0.2) is 26.9 Å². The van der Waals surface area contributed by atoms with Crippen molar-refractivity contribution in [3.63, 3.8) is 0 Å². The van der Waals surface area contributed by atoms with Crippen molar-refractivity contribution in [2.45, 2.75) is 31.7 Å². The molecule has 0 radical (unpaired) electrons. The van der Waals surface area contributed by atoms with Crippen LogP contribution >= 0.6 is 15.9 Å². The van der Waals surface area contributed by atoms with E-state index in [2.05, 4.69) is 26.0 Å². The monoisotopic (exact) mass is 362 g/mol. The van der Waals surface area contributed by atoms with Crippen molar-refractivity contribution in [2.24, 2.45) is 5.92 Å². The van der Waals surface area contributed by atoms with Crippen molar-refractivity contribution in [3.05, 3.63) is 28.7 Å². The smallest absolute Gasteiger partial charge is 0.242 e. The molecule has 0 saturated heterocycles. The number of halogens is 1. The molecule has 0 spiro atoms. The molecule has 0 aromatic heterocycles. The van der Waals surface area contributed by atoms with Crippen LogP contribution in [0.4, 0.5) is 0 Å². The van der Waals surface area contributed by atoms with E-state index in [9.17, 15) is 13.2 Å². The van der Waals surface area contributed by atoms with Gasteiger partial charge >= 0.3 is 0 Å². The molecular weight excluding hydrogens is 344 g/mol. The number of rotatable bonds is 6. The van der Waals surface area contributed by atoms with Gasteiger partial charge in [0.25, 0.3) is 0 Å². The van der Waals surface area contributed by atoms with Gasteiger partial charge < -0.3 is 5.32 Å². The minimum absolute atomic E-state index is 0.114. The highest BCUT2D eigenvalue weighted by atomic mass is 79.9. The van der Waals surface area contributed by atoms with Crippen LogP contribution in [0.1, 0.15) is 20.8 Å². The van der Waals surface area contributed by atoms with Crippen LogP contribution < -0.4 is 10.0 Å². The lowest BCUT2D eigenvalue weighted by atomic mass is 10.2. The lowest BCUT2D eigenvalue weighted by Gasteiger charge is -2.16. The summed E-state index contributed by atoms with van der Waals surface area (Å²) in [6.45, 7) is 5.97. The Bertz CT molecular complexity index is 573. The Morgan fingerprint density at radius 3 is 2.40 bits per heavy atom. The summed E-state index contributed by atoms with van der Waals surface area (Å²) in [5.74, 6) is -0.0275. The number of carbonyl (C=O) groups is 1. The Labute approximate surface area is 128 Å². The molecule has 5 nitrogen and oxygen atoms in total. The van der Waals surface area contributed by atoms with Crippen molar-refractivity contribution in [1.29, 1.82) is 0 Å². The topological polar surface area (TPSA) is 75.3 Å². The van der Waals surface area contributed by atoms with E-state index < -0.39 is 16.1 Å². The summed E-state index contributed by atoms with van der Waals surface area (Å²) in [4.78, 5) is 11.9. The van der Waals surface area contributed by atoms with E-state index in [1.54, 1.807) is 18.2 Å². The molecule has 112 valence electrons. The van der Waals surface area contributed by atoms with Crippen molar-refractivity contribution in [1.82, 2.24) is 10.0 Å². The summed E-state index contributed by atoms with van der Waals surface area (Å²) < 4.78 is 27.2. The molecule has 0 aliphatic rings. The average molecular weight is 363 g/mol. The van der Waals surface area contributed by atoms with Gasteiger partial charge in [-0.1, -0.05) is 26.0 Å². The Kier molecular flexibility index (Phi) is 6.16. The van der Waals surface area contributed by atoms with Crippen LogP contribution in [0.5, 0.6) is 0 Å². The molecule has 7 heteroatoms. The summed E-state index contributed by atoms with van der Waals surface area (Å²) in [5, 5.41) is 2.69.